The SMILES string of the molecule is CC(=O)O[C@H]1CC[C@]2(C)[C@H]3CC[C@@H]4C5=CC(C)(C)CC[C@]5(CO)CC[C@@]4(C)[C@]3(C)CC[C@H]2C1(C)C. The minimum Gasteiger partial charge on any atom is -0.462 e. The van der Waals surface area contributed by atoms with E-state index in [-0.39, 0.29) is 28.3 Å². The number of hydrogen-bond donors (Lipinski definition) is 1. The van der Waals surface area contributed by atoms with Gasteiger partial charge in [-0.3, -0.25) is 4.79 Å². The van der Waals surface area contributed by atoms with Crippen LogP contribution in [0.2, 0.25) is 0 Å². The minimum absolute atomic E-state index is 0.0201. The van der Waals surface area contributed by atoms with Crippen LogP contribution < -0.4 is 0 Å². The maximum Gasteiger partial charge on any atom is 0.302 e. The van der Waals surface area contributed by atoms with E-state index in [1.165, 1.54) is 44.9 Å². The lowest BCUT2D eigenvalue weighted by Gasteiger charge is -2.72. The van der Waals surface area contributed by atoms with Gasteiger partial charge in [0.15, 0.2) is 0 Å². The smallest absolute Gasteiger partial charge is 0.302 e. The van der Waals surface area contributed by atoms with Gasteiger partial charge >= 0.3 is 5.97 Å². The van der Waals surface area contributed by atoms with Crippen LogP contribution in [0.15, 0.2) is 11.6 Å². The van der Waals surface area contributed by atoms with Crippen molar-refractivity contribution in [3.63, 3.8) is 0 Å². The number of carbonyl (C=O) groups is 1. The Kier molecular flexibility index (Phi) is 5.78. The molecule has 5 aliphatic carbocycles. The monoisotopic (exact) mass is 484 g/mol. The summed E-state index contributed by atoms with van der Waals surface area (Å²) >= 11 is 0. The van der Waals surface area contributed by atoms with E-state index < -0.39 is 0 Å². The Bertz CT molecular complexity index is 916. The zero-order valence-electron chi connectivity index (χ0n) is 23.9. The zero-order chi connectivity index (χ0) is 25.7. The second-order valence-corrected chi connectivity index (χ2v) is 15.6. The van der Waals surface area contributed by atoms with Crippen molar-refractivity contribution in [2.45, 2.75) is 126 Å². The molecule has 5 rings (SSSR count). The highest BCUT2D eigenvalue weighted by Gasteiger charge is 2.69. The van der Waals surface area contributed by atoms with Crippen LogP contribution >= 0.6 is 0 Å². The van der Waals surface area contributed by atoms with E-state index in [0.717, 1.165) is 19.3 Å². The molecule has 0 aromatic carbocycles. The maximum atomic E-state index is 11.9. The average Bonchev–Trinajstić information content (AvgIpc) is 2.76. The van der Waals surface area contributed by atoms with E-state index in [1.54, 1.807) is 12.5 Å². The van der Waals surface area contributed by atoms with Crippen LogP contribution in [0.25, 0.3) is 0 Å². The molecule has 4 saturated carbocycles. The van der Waals surface area contributed by atoms with Gasteiger partial charge in [-0.05, 0) is 104 Å². The van der Waals surface area contributed by atoms with Gasteiger partial charge in [-0.25, -0.2) is 0 Å². The molecule has 1 N–H and O–H groups in total. The van der Waals surface area contributed by atoms with Crippen molar-refractivity contribution in [3.8, 4) is 0 Å². The molecule has 0 aliphatic heterocycles. The molecule has 0 unspecified atom stereocenters. The lowest BCUT2D eigenvalue weighted by Crippen LogP contribution is -2.66. The number of fused-ring (bicyclic) bond motifs is 7. The summed E-state index contributed by atoms with van der Waals surface area (Å²) < 4.78 is 5.90. The van der Waals surface area contributed by atoms with Crippen LogP contribution in [0.4, 0.5) is 0 Å². The molecule has 3 nitrogen and oxygen atoms in total. The highest BCUT2D eigenvalue weighted by molar-refractivity contribution is 5.66. The molecular formula is C32H52O3. The topological polar surface area (TPSA) is 46.5 Å². The van der Waals surface area contributed by atoms with Crippen molar-refractivity contribution in [2.24, 2.45) is 50.2 Å². The Morgan fingerprint density at radius 2 is 1.54 bits per heavy atom. The number of carbonyl (C=O) groups excluding carboxylic acids is 1. The highest BCUT2D eigenvalue weighted by atomic mass is 16.5. The summed E-state index contributed by atoms with van der Waals surface area (Å²) in [7, 11) is 0. The third kappa shape index (κ3) is 3.41. The summed E-state index contributed by atoms with van der Waals surface area (Å²) in [4.78, 5) is 11.9. The van der Waals surface area contributed by atoms with Gasteiger partial charge in [0, 0.05) is 17.8 Å². The Balaban J connectivity index is 1.52. The number of esters is 1. The third-order valence-corrected chi connectivity index (χ3v) is 13.3. The van der Waals surface area contributed by atoms with Gasteiger partial charge in [-0.15, -0.1) is 0 Å². The molecule has 0 heterocycles. The number of rotatable bonds is 2. The Hall–Kier alpha value is -0.830. The van der Waals surface area contributed by atoms with Gasteiger partial charge in [-0.1, -0.05) is 60.1 Å². The molecule has 35 heavy (non-hydrogen) atoms. The highest BCUT2D eigenvalue weighted by Crippen LogP contribution is 2.76. The summed E-state index contributed by atoms with van der Waals surface area (Å²) in [6.45, 7) is 19.4. The van der Waals surface area contributed by atoms with Gasteiger partial charge in [0.1, 0.15) is 6.10 Å². The largest absolute Gasteiger partial charge is 0.462 e. The summed E-state index contributed by atoms with van der Waals surface area (Å²) in [5.74, 6) is 1.79. The Morgan fingerprint density at radius 1 is 0.857 bits per heavy atom. The van der Waals surface area contributed by atoms with Crippen molar-refractivity contribution in [2.75, 3.05) is 6.61 Å². The molecule has 8 atom stereocenters. The van der Waals surface area contributed by atoms with Gasteiger partial charge in [-0.2, -0.15) is 0 Å². The third-order valence-electron chi connectivity index (χ3n) is 13.3. The molecule has 4 fully saturated rings. The maximum absolute atomic E-state index is 11.9. The molecule has 3 heteroatoms. The van der Waals surface area contributed by atoms with Crippen LogP contribution in [-0.4, -0.2) is 23.8 Å². The molecular weight excluding hydrogens is 432 g/mol. The molecule has 0 saturated heterocycles. The van der Waals surface area contributed by atoms with Crippen molar-refractivity contribution in [3.05, 3.63) is 11.6 Å². The van der Waals surface area contributed by atoms with Crippen molar-refractivity contribution < 1.29 is 14.6 Å². The molecule has 0 amide bonds. The molecule has 0 aromatic heterocycles. The summed E-state index contributed by atoms with van der Waals surface area (Å²) in [5.41, 5.74) is 2.84. The number of aliphatic hydroxyl groups is 1. The van der Waals surface area contributed by atoms with Crippen molar-refractivity contribution in [1.29, 1.82) is 0 Å². The Morgan fingerprint density at radius 3 is 2.20 bits per heavy atom. The minimum atomic E-state index is -0.126. The number of aliphatic hydroxyl groups excluding tert-OH is 1. The first-order valence-electron chi connectivity index (χ1n) is 14.7. The zero-order valence-corrected chi connectivity index (χ0v) is 23.9. The molecule has 198 valence electrons. The number of allylic oxidation sites excluding steroid dienone is 1. The Labute approximate surface area is 214 Å². The van der Waals surface area contributed by atoms with E-state index in [2.05, 4.69) is 54.5 Å². The quantitative estimate of drug-likeness (QED) is 0.322. The van der Waals surface area contributed by atoms with Crippen LogP contribution in [0.3, 0.4) is 0 Å². The fourth-order valence-corrected chi connectivity index (χ4v) is 11.1. The molecule has 0 bridgehead atoms. The van der Waals surface area contributed by atoms with E-state index in [4.69, 9.17) is 4.74 Å². The van der Waals surface area contributed by atoms with Gasteiger partial charge in [0.05, 0.1) is 6.61 Å². The fourth-order valence-electron chi connectivity index (χ4n) is 11.1. The van der Waals surface area contributed by atoms with Crippen LogP contribution in [0.1, 0.15) is 120 Å². The second kappa shape index (κ2) is 7.84. The normalized spacial score (nSPS) is 50.0. The lowest BCUT2D eigenvalue weighted by atomic mass is 9.32. The van der Waals surface area contributed by atoms with Crippen molar-refractivity contribution in [1.82, 2.24) is 0 Å². The predicted molar refractivity (Wildman–Crippen MR) is 142 cm³/mol. The number of hydrogen-bond acceptors (Lipinski definition) is 3. The lowest BCUT2D eigenvalue weighted by molar-refractivity contribution is -0.234. The molecule has 0 spiro atoms. The fraction of sp³-hybridized carbons (Fsp3) is 0.906. The first kappa shape index (κ1) is 25.8. The van der Waals surface area contributed by atoms with Crippen LogP contribution in [0, 0.1) is 50.2 Å². The summed E-state index contributed by atoms with van der Waals surface area (Å²) in [5, 5.41) is 10.7. The molecule has 0 radical (unpaired) electrons. The summed E-state index contributed by atoms with van der Waals surface area (Å²) in [6.07, 6.45) is 14.7. The van der Waals surface area contributed by atoms with E-state index >= 15 is 0 Å². The molecule has 5 aliphatic rings. The standard InChI is InChI=1S/C32H52O3/c1-21(34)35-26-12-13-29(6)24(28(26,4)5)11-14-31(8)25(29)10-9-22-23-19-27(2,3)15-17-32(23,20-33)18-16-30(22,31)7/h19,22,24-26,33H,9-18,20H2,1-8H3/t22-,24+,25-,26+,29+,30-,31-,32-/m1/s1. The van der Waals surface area contributed by atoms with Gasteiger partial charge < -0.3 is 9.84 Å². The van der Waals surface area contributed by atoms with Gasteiger partial charge in [0.2, 0.25) is 0 Å². The second-order valence-electron chi connectivity index (χ2n) is 15.6. The number of ether oxygens (including phenoxy) is 1. The van der Waals surface area contributed by atoms with Gasteiger partial charge in [0.25, 0.3) is 0 Å². The van der Waals surface area contributed by atoms with E-state index in [1.807, 2.05) is 0 Å². The predicted octanol–water partition coefficient (Wildman–Crippen LogP) is 7.71. The molecule has 0 aromatic rings. The van der Waals surface area contributed by atoms with Crippen molar-refractivity contribution >= 4 is 5.97 Å². The first-order valence-corrected chi connectivity index (χ1v) is 14.7. The van der Waals surface area contributed by atoms with Crippen LogP contribution in [0.5, 0.6) is 0 Å². The first-order chi connectivity index (χ1) is 16.2. The van der Waals surface area contributed by atoms with E-state index in [0.29, 0.717) is 40.6 Å². The average molecular weight is 485 g/mol. The summed E-state index contributed by atoms with van der Waals surface area (Å²) in [6, 6.07) is 0. The van der Waals surface area contributed by atoms with E-state index in [9.17, 15) is 9.90 Å². The van der Waals surface area contributed by atoms with Crippen LogP contribution in [-0.2, 0) is 9.53 Å².